The van der Waals surface area contributed by atoms with Crippen molar-refractivity contribution in [3.05, 3.63) is 24.2 Å². The van der Waals surface area contributed by atoms with E-state index in [1.54, 1.807) is 12.1 Å². The van der Waals surface area contributed by atoms with Gasteiger partial charge in [0.1, 0.15) is 11.8 Å². The molecule has 2 atom stereocenters. The first-order chi connectivity index (χ1) is 8.65. The van der Waals surface area contributed by atoms with E-state index >= 15 is 0 Å². The average Bonchev–Trinajstić information content (AvgIpc) is 2.90. The van der Waals surface area contributed by atoms with Gasteiger partial charge in [-0.3, -0.25) is 4.79 Å². The van der Waals surface area contributed by atoms with Gasteiger partial charge >= 0.3 is 0 Å². The van der Waals surface area contributed by atoms with E-state index in [4.69, 9.17) is 4.42 Å². The summed E-state index contributed by atoms with van der Waals surface area (Å²) in [6, 6.07) is 3.03. The van der Waals surface area contributed by atoms with Gasteiger partial charge in [-0.25, -0.2) is 0 Å². The van der Waals surface area contributed by atoms with Crippen LogP contribution >= 0.6 is 12.4 Å². The Morgan fingerprint density at radius 1 is 1.68 bits per heavy atom. The second kappa shape index (κ2) is 6.93. The Labute approximate surface area is 119 Å². The summed E-state index contributed by atoms with van der Waals surface area (Å²) < 4.78 is 5.22. The molecule has 0 bridgehead atoms. The quantitative estimate of drug-likeness (QED) is 0.779. The molecular weight excluding hydrogens is 268 g/mol. The van der Waals surface area contributed by atoms with Gasteiger partial charge in [0.25, 0.3) is 0 Å². The Kier molecular flexibility index (Phi) is 5.85. The summed E-state index contributed by atoms with van der Waals surface area (Å²) in [4.78, 5) is 12.3. The number of aliphatic hydroxyl groups excluding tert-OH is 1. The molecule has 1 aromatic heterocycles. The zero-order chi connectivity index (χ0) is 13.0. The molecule has 1 aliphatic heterocycles. The summed E-state index contributed by atoms with van der Waals surface area (Å²) in [5, 5.41) is 15.4. The van der Waals surface area contributed by atoms with Crippen LogP contribution in [0.4, 0.5) is 0 Å². The number of hydrogen-bond acceptors (Lipinski definition) is 4. The van der Waals surface area contributed by atoms with Gasteiger partial charge in [0, 0.05) is 6.54 Å². The summed E-state index contributed by atoms with van der Waals surface area (Å²) in [5.74, 6) is 0.545. The van der Waals surface area contributed by atoms with E-state index in [1.807, 2.05) is 6.92 Å². The molecule has 1 aliphatic rings. The molecule has 0 saturated carbocycles. The monoisotopic (exact) mass is 288 g/mol. The molecule has 1 fully saturated rings. The maximum absolute atomic E-state index is 12.3. The van der Waals surface area contributed by atoms with E-state index in [-0.39, 0.29) is 24.9 Å². The van der Waals surface area contributed by atoms with Gasteiger partial charge in [-0.2, -0.15) is 0 Å². The van der Waals surface area contributed by atoms with Gasteiger partial charge in [0.2, 0.25) is 5.91 Å². The number of piperidine rings is 1. The molecule has 6 heteroatoms. The number of aliphatic hydroxyl groups is 1. The summed E-state index contributed by atoms with van der Waals surface area (Å²) in [6.07, 6.45) is 3.39. The minimum atomic E-state index is -0.466. The minimum Gasteiger partial charge on any atom is -0.467 e. The van der Waals surface area contributed by atoms with Crippen molar-refractivity contribution in [3.8, 4) is 0 Å². The van der Waals surface area contributed by atoms with Crippen molar-refractivity contribution in [2.24, 2.45) is 5.41 Å². The van der Waals surface area contributed by atoms with Crippen LogP contribution in [0.25, 0.3) is 0 Å². The van der Waals surface area contributed by atoms with Crippen LogP contribution in [0.15, 0.2) is 22.8 Å². The number of hydrogen-bond donors (Lipinski definition) is 3. The summed E-state index contributed by atoms with van der Waals surface area (Å²) in [7, 11) is 0. The van der Waals surface area contributed by atoms with Crippen LogP contribution < -0.4 is 10.6 Å². The zero-order valence-corrected chi connectivity index (χ0v) is 11.8. The van der Waals surface area contributed by atoms with E-state index in [0.717, 1.165) is 19.4 Å². The predicted octanol–water partition coefficient (Wildman–Crippen LogP) is 1.24. The van der Waals surface area contributed by atoms with Gasteiger partial charge in [0.05, 0.1) is 18.3 Å². The highest BCUT2D eigenvalue weighted by atomic mass is 35.5. The Bertz CT molecular complexity index is 389. The third kappa shape index (κ3) is 3.72. The minimum absolute atomic E-state index is 0. The SMILES string of the molecule is CC1(C(=O)NC(CO)c2ccco2)CCCNC1.Cl. The Morgan fingerprint density at radius 2 is 2.47 bits per heavy atom. The maximum atomic E-state index is 12.3. The summed E-state index contributed by atoms with van der Waals surface area (Å²) >= 11 is 0. The fourth-order valence-corrected chi connectivity index (χ4v) is 2.28. The van der Waals surface area contributed by atoms with Crippen molar-refractivity contribution in [1.82, 2.24) is 10.6 Å². The lowest BCUT2D eigenvalue weighted by Gasteiger charge is -2.33. The fraction of sp³-hybridized carbons (Fsp3) is 0.615. The lowest BCUT2D eigenvalue weighted by molar-refractivity contribution is -0.132. The second-order valence-electron chi connectivity index (χ2n) is 5.07. The molecule has 0 aromatic carbocycles. The van der Waals surface area contributed by atoms with Crippen molar-refractivity contribution in [2.45, 2.75) is 25.8 Å². The smallest absolute Gasteiger partial charge is 0.227 e. The molecule has 1 aromatic rings. The second-order valence-corrected chi connectivity index (χ2v) is 5.07. The van der Waals surface area contributed by atoms with Gasteiger partial charge in [0.15, 0.2) is 0 Å². The van der Waals surface area contributed by atoms with Crippen LogP contribution in [0.2, 0.25) is 0 Å². The first kappa shape index (κ1) is 16.0. The van der Waals surface area contributed by atoms with E-state index in [1.165, 1.54) is 6.26 Å². The largest absolute Gasteiger partial charge is 0.467 e. The van der Waals surface area contributed by atoms with Gasteiger partial charge in [-0.15, -0.1) is 12.4 Å². The molecule has 2 rings (SSSR count). The molecule has 3 N–H and O–H groups in total. The van der Waals surface area contributed by atoms with Crippen molar-refractivity contribution in [2.75, 3.05) is 19.7 Å². The van der Waals surface area contributed by atoms with Crippen molar-refractivity contribution in [3.63, 3.8) is 0 Å². The molecule has 0 radical (unpaired) electrons. The first-order valence-corrected chi connectivity index (χ1v) is 6.32. The van der Waals surface area contributed by atoms with Gasteiger partial charge in [-0.05, 0) is 38.4 Å². The van der Waals surface area contributed by atoms with Gasteiger partial charge in [-0.1, -0.05) is 0 Å². The van der Waals surface area contributed by atoms with E-state index in [2.05, 4.69) is 10.6 Å². The number of furan rings is 1. The molecular formula is C13H21ClN2O3. The third-order valence-electron chi connectivity index (χ3n) is 3.52. The van der Waals surface area contributed by atoms with Crippen molar-refractivity contribution in [1.29, 1.82) is 0 Å². The molecule has 0 aliphatic carbocycles. The fourth-order valence-electron chi connectivity index (χ4n) is 2.28. The van der Waals surface area contributed by atoms with E-state index < -0.39 is 11.5 Å². The maximum Gasteiger partial charge on any atom is 0.227 e. The van der Waals surface area contributed by atoms with Gasteiger partial charge < -0.3 is 20.2 Å². The number of nitrogens with one attached hydrogen (secondary N) is 2. The number of carbonyl (C=O) groups excluding carboxylic acids is 1. The normalized spacial score (nSPS) is 24.3. The van der Waals surface area contributed by atoms with Crippen LogP contribution in [0, 0.1) is 5.41 Å². The summed E-state index contributed by atoms with van der Waals surface area (Å²) in [6.45, 7) is 3.42. The standard InChI is InChI=1S/C13H20N2O3.ClH/c1-13(5-3-6-14-9-13)12(17)15-10(8-16)11-4-2-7-18-11;/h2,4,7,10,14,16H,3,5-6,8-9H2,1H3,(H,15,17);1H. The topological polar surface area (TPSA) is 74.5 Å². The van der Waals surface area contributed by atoms with Crippen LogP contribution in [0.5, 0.6) is 0 Å². The zero-order valence-electron chi connectivity index (χ0n) is 11.0. The lowest BCUT2D eigenvalue weighted by atomic mass is 9.81. The molecule has 2 unspecified atom stereocenters. The average molecular weight is 289 g/mol. The van der Waals surface area contributed by atoms with E-state index in [0.29, 0.717) is 12.3 Å². The molecule has 19 heavy (non-hydrogen) atoms. The van der Waals surface area contributed by atoms with Crippen LogP contribution in [-0.2, 0) is 4.79 Å². The Morgan fingerprint density at radius 3 is 3.00 bits per heavy atom. The highest BCUT2D eigenvalue weighted by Crippen LogP contribution is 2.26. The number of halogens is 1. The van der Waals surface area contributed by atoms with Crippen molar-refractivity contribution < 1.29 is 14.3 Å². The van der Waals surface area contributed by atoms with Crippen LogP contribution in [-0.4, -0.2) is 30.7 Å². The molecule has 2 heterocycles. The van der Waals surface area contributed by atoms with E-state index in [9.17, 15) is 9.90 Å². The van der Waals surface area contributed by atoms with Crippen LogP contribution in [0.3, 0.4) is 0 Å². The Balaban J connectivity index is 0.00000180. The molecule has 108 valence electrons. The number of rotatable bonds is 4. The third-order valence-corrected chi connectivity index (χ3v) is 3.52. The molecule has 0 spiro atoms. The highest BCUT2D eigenvalue weighted by molar-refractivity contribution is 5.85. The molecule has 5 nitrogen and oxygen atoms in total. The Hall–Kier alpha value is -1.04. The summed E-state index contributed by atoms with van der Waals surface area (Å²) in [5.41, 5.74) is -0.405. The first-order valence-electron chi connectivity index (χ1n) is 6.32. The predicted molar refractivity (Wildman–Crippen MR) is 74.1 cm³/mol. The molecule has 1 saturated heterocycles. The lowest BCUT2D eigenvalue weighted by Crippen LogP contribution is -2.49. The number of carbonyl (C=O) groups is 1. The number of amides is 1. The molecule has 1 amide bonds. The van der Waals surface area contributed by atoms with Crippen LogP contribution in [0.1, 0.15) is 31.6 Å². The highest BCUT2D eigenvalue weighted by Gasteiger charge is 2.35. The van der Waals surface area contributed by atoms with Crippen molar-refractivity contribution >= 4 is 18.3 Å².